The summed E-state index contributed by atoms with van der Waals surface area (Å²) in [7, 11) is -3.50. The van der Waals surface area contributed by atoms with Crippen LogP contribution in [0.3, 0.4) is 0 Å². The molecule has 1 aromatic heterocycles. The van der Waals surface area contributed by atoms with Crippen LogP contribution in [0.4, 0.5) is 0 Å². The predicted octanol–water partition coefficient (Wildman–Crippen LogP) is 0.878. The molecule has 2 heterocycles. The summed E-state index contributed by atoms with van der Waals surface area (Å²) in [5.41, 5.74) is 0. The number of rotatable bonds is 4. The molecule has 1 saturated heterocycles. The lowest BCUT2D eigenvalue weighted by Crippen LogP contribution is -2.40. The summed E-state index contributed by atoms with van der Waals surface area (Å²) < 4.78 is 29.7. The zero-order chi connectivity index (χ0) is 15.0. The molecular weight excluding hydrogens is 288 g/mol. The van der Waals surface area contributed by atoms with E-state index in [4.69, 9.17) is 0 Å². The van der Waals surface area contributed by atoms with Gasteiger partial charge in [0.2, 0.25) is 0 Å². The van der Waals surface area contributed by atoms with Crippen molar-refractivity contribution < 1.29 is 8.42 Å². The first-order chi connectivity index (χ1) is 9.99. The SMILES string of the molecule is CCn1cc(S(=O)(=O)NC2CC[C@H]3CNC[C@H]3C2)nc1C. The minimum absolute atomic E-state index is 0.0447. The molecule has 3 atom stereocenters. The molecule has 0 aromatic carbocycles. The Labute approximate surface area is 126 Å². The van der Waals surface area contributed by atoms with Gasteiger partial charge in [0.1, 0.15) is 5.82 Å². The molecular formula is C14H24N4O2S. The van der Waals surface area contributed by atoms with Crippen LogP contribution < -0.4 is 10.0 Å². The van der Waals surface area contributed by atoms with Gasteiger partial charge in [0.05, 0.1) is 0 Å². The molecule has 1 aliphatic carbocycles. The van der Waals surface area contributed by atoms with Crippen LogP contribution in [0.15, 0.2) is 11.2 Å². The maximum Gasteiger partial charge on any atom is 0.259 e. The third-order valence-electron chi connectivity index (χ3n) is 4.84. The van der Waals surface area contributed by atoms with Gasteiger partial charge in [-0.15, -0.1) is 0 Å². The zero-order valence-electron chi connectivity index (χ0n) is 12.7. The third kappa shape index (κ3) is 3.00. The Morgan fingerprint density at radius 1 is 1.38 bits per heavy atom. The van der Waals surface area contributed by atoms with Crippen LogP contribution in [0.25, 0.3) is 0 Å². The van der Waals surface area contributed by atoms with Gasteiger partial charge in [0, 0.05) is 18.8 Å². The summed E-state index contributed by atoms with van der Waals surface area (Å²) in [5.74, 6) is 2.08. The average Bonchev–Trinajstić information content (AvgIpc) is 3.04. The second kappa shape index (κ2) is 5.70. The molecule has 1 aromatic rings. The van der Waals surface area contributed by atoms with Gasteiger partial charge in [-0.2, -0.15) is 0 Å². The first kappa shape index (κ1) is 15.0. The number of aryl methyl sites for hydroxylation is 2. The number of imidazole rings is 1. The van der Waals surface area contributed by atoms with E-state index in [1.165, 1.54) is 0 Å². The van der Waals surface area contributed by atoms with Crippen LogP contribution >= 0.6 is 0 Å². The van der Waals surface area contributed by atoms with Gasteiger partial charge in [0.25, 0.3) is 10.0 Å². The molecule has 1 aliphatic heterocycles. The molecule has 0 bridgehead atoms. The van der Waals surface area contributed by atoms with Gasteiger partial charge in [-0.1, -0.05) is 0 Å². The van der Waals surface area contributed by atoms with Gasteiger partial charge >= 0.3 is 0 Å². The Bertz CT molecular complexity index is 610. The maximum absolute atomic E-state index is 12.5. The van der Waals surface area contributed by atoms with E-state index in [0.29, 0.717) is 5.92 Å². The number of nitrogens with zero attached hydrogens (tertiary/aromatic N) is 2. The quantitative estimate of drug-likeness (QED) is 0.865. The van der Waals surface area contributed by atoms with Crippen molar-refractivity contribution in [1.82, 2.24) is 19.6 Å². The molecule has 0 spiro atoms. The molecule has 2 N–H and O–H groups in total. The lowest BCUT2D eigenvalue weighted by Gasteiger charge is -2.31. The van der Waals surface area contributed by atoms with Gasteiger partial charge < -0.3 is 9.88 Å². The molecule has 118 valence electrons. The molecule has 0 amide bonds. The van der Waals surface area contributed by atoms with Crippen molar-refractivity contribution in [3.63, 3.8) is 0 Å². The monoisotopic (exact) mass is 312 g/mol. The second-order valence-electron chi connectivity index (χ2n) is 6.22. The summed E-state index contributed by atoms with van der Waals surface area (Å²) in [6.07, 6.45) is 4.59. The minimum Gasteiger partial charge on any atom is -0.334 e. The first-order valence-corrected chi connectivity index (χ1v) is 9.24. The van der Waals surface area contributed by atoms with Crippen LogP contribution in [-0.2, 0) is 16.6 Å². The van der Waals surface area contributed by atoms with Gasteiger partial charge in [-0.05, 0) is 58.0 Å². The van der Waals surface area contributed by atoms with Gasteiger partial charge in [0.15, 0.2) is 5.03 Å². The van der Waals surface area contributed by atoms with Crippen LogP contribution in [0.1, 0.15) is 32.0 Å². The zero-order valence-corrected chi connectivity index (χ0v) is 13.5. The molecule has 2 aliphatic rings. The fourth-order valence-electron chi connectivity index (χ4n) is 3.62. The standard InChI is InChI=1S/C14H24N4O2S/c1-3-18-9-14(16-10(18)2)21(19,20)17-13-5-4-11-7-15-8-12(11)6-13/h9,11-13,15,17H,3-8H2,1-2H3/t11-,12+,13?/m0/s1. The van der Waals surface area contributed by atoms with E-state index in [-0.39, 0.29) is 11.1 Å². The summed E-state index contributed by atoms with van der Waals surface area (Å²) in [6, 6.07) is 0.0447. The van der Waals surface area contributed by atoms with Gasteiger partial charge in [-0.25, -0.2) is 18.1 Å². The number of sulfonamides is 1. The Balaban J connectivity index is 1.70. The molecule has 21 heavy (non-hydrogen) atoms. The van der Waals surface area contributed by atoms with E-state index in [9.17, 15) is 8.42 Å². The van der Waals surface area contributed by atoms with E-state index in [1.807, 2.05) is 18.4 Å². The third-order valence-corrected chi connectivity index (χ3v) is 6.24. The Morgan fingerprint density at radius 3 is 2.86 bits per heavy atom. The van der Waals surface area contributed by atoms with Crippen molar-refractivity contribution in [2.24, 2.45) is 11.8 Å². The summed E-state index contributed by atoms with van der Waals surface area (Å²) in [5, 5.41) is 3.55. The summed E-state index contributed by atoms with van der Waals surface area (Å²) in [6.45, 7) is 6.65. The van der Waals surface area contributed by atoms with Crippen molar-refractivity contribution in [2.75, 3.05) is 13.1 Å². The number of nitrogens with one attached hydrogen (secondary N) is 2. The van der Waals surface area contributed by atoms with Crippen LogP contribution in [0.5, 0.6) is 0 Å². The second-order valence-corrected chi connectivity index (χ2v) is 7.88. The van der Waals surface area contributed by atoms with Gasteiger partial charge in [-0.3, -0.25) is 0 Å². The first-order valence-electron chi connectivity index (χ1n) is 7.76. The van der Waals surface area contributed by atoms with Crippen molar-refractivity contribution in [3.05, 3.63) is 12.0 Å². The topological polar surface area (TPSA) is 76.0 Å². The van der Waals surface area contributed by atoms with Crippen LogP contribution in [0.2, 0.25) is 0 Å². The Morgan fingerprint density at radius 2 is 2.14 bits per heavy atom. The smallest absolute Gasteiger partial charge is 0.259 e. The van der Waals surface area contributed by atoms with E-state index < -0.39 is 10.0 Å². The van der Waals surface area contributed by atoms with Crippen LogP contribution in [-0.4, -0.2) is 37.1 Å². The Hall–Kier alpha value is -0.920. The fraction of sp³-hybridized carbons (Fsp3) is 0.786. The normalized spacial score (nSPS) is 29.5. The van der Waals surface area contributed by atoms with Crippen molar-refractivity contribution in [2.45, 2.75) is 50.7 Å². The fourth-order valence-corrected chi connectivity index (χ4v) is 4.91. The minimum atomic E-state index is -3.50. The highest BCUT2D eigenvalue weighted by Gasteiger charge is 2.35. The van der Waals surface area contributed by atoms with E-state index in [0.717, 1.165) is 50.6 Å². The largest absolute Gasteiger partial charge is 0.334 e. The molecule has 1 unspecified atom stereocenters. The van der Waals surface area contributed by atoms with Crippen molar-refractivity contribution >= 4 is 10.0 Å². The van der Waals surface area contributed by atoms with Crippen LogP contribution in [0, 0.1) is 18.8 Å². The molecule has 1 saturated carbocycles. The number of hydrogen-bond acceptors (Lipinski definition) is 4. The molecule has 6 nitrogen and oxygen atoms in total. The van der Waals surface area contributed by atoms with E-state index in [1.54, 1.807) is 6.20 Å². The number of hydrogen-bond donors (Lipinski definition) is 2. The summed E-state index contributed by atoms with van der Waals surface area (Å²) >= 11 is 0. The van der Waals surface area contributed by atoms with Crippen molar-refractivity contribution in [1.29, 1.82) is 0 Å². The average molecular weight is 312 g/mol. The highest BCUT2D eigenvalue weighted by molar-refractivity contribution is 7.89. The van der Waals surface area contributed by atoms with E-state index in [2.05, 4.69) is 15.0 Å². The highest BCUT2D eigenvalue weighted by Crippen LogP contribution is 2.33. The molecule has 2 fully saturated rings. The molecule has 3 rings (SSSR count). The lowest BCUT2D eigenvalue weighted by molar-refractivity contribution is 0.260. The van der Waals surface area contributed by atoms with Crippen molar-refractivity contribution in [3.8, 4) is 0 Å². The van der Waals surface area contributed by atoms with E-state index >= 15 is 0 Å². The highest BCUT2D eigenvalue weighted by atomic mass is 32.2. The number of fused-ring (bicyclic) bond motifs is 1. The summed E-state index contributed by atoms with van der Waals surface area (Å²) in [4.78, 5) is 4.19. The maximum atomic E-state index is 12.5. The molecule has 7 heteroatoms. The molecule has 0 radical (unpaired) electrons. The predicted molar refractivity (Wildman–Crippen MR) is 80.4 cm³/mol. The number of aromatic nitrogens is 2. The Kier molecular flexibility index (Phi) is 4.07. The lowest BCUT2D eigenvalue weighted by atomic mass is 9.79.